The van der Waals surface area contributed by atoms with Gasteiger partial charge in [0.15, 0.2) is 11.5 Å². The first-order valence-corrected chi connectivity index (χ1v) is 7.26. The maximum Gasteiger partial charge on any atom is 0.224 e. The van der Waals surface area contributed by atoms with Crippen molar-refractivity contribution in [1.29, 1.82) is 0 Å². The van der Waals surface area contributed by atoms with E-state index in [1.165, 1.54) is 12.8 Å². The summed E-state index contributed by atoms with van der Waals surface area (Å²) in [6, 6.07) is 3.96. The second-order valence-electron chi connectivity index (χ2n) is 5.26. The van der Waals surface area contributed by atoms with Gasteiger partial charge in [0.2, 0.25) is 11.7 Å². The summed E-state index contributed by atoms with van der Waals surface area (Å²) in [7, 11) is 4.70. The topological polar surface area (TPSA) is 56.8 Å². The molecule has 1 aromatic carbocycles. The molecule has 0 heterocycles. The zero-order valence-electron chi connectivity index (χ0n) is 12.9. The Labute approximate surface area is 125 Å². The zero-order chi connectivity index (χ0) is 15.2. The van der Waals surface area contributed by atoms with E-state index in [1.54, 1.807) is 21.3 Å². The number of hydrogen-bond acceptors (Lipinski definition) is 4. The number of methoxy groups -OCH3 is 3. The highest BCUT2D eigenvalue weighted by atomic mass is 16.5. The van der Waals surface area contributed by atoms with Crippen molar-refractivity contribution < 1.29 is 19.0 Å². The Morgan fingerprint density at radius 2 is 1.67 bits per heavy atom. The molecule has 21 heavy (non-hydrogen) atoms. The predicted molar refractivity (Wildman–Crippen MR) is 80.2 cm³/mol. The molecule has 1 fully saturated rings. The lowest BCUT2D eigenvalue weighted by atomic mass is 10.1. The number of carbonyl (C=O) groups is 1. The number of rotatable bonds is 6. The van der Waals surface area contributed by atoms with Crippen molar-refractivity contribution in [2.24, 2.45) is 0 Å². The molecule has 0 unspecified atom stereocenters. The molecule has 1 aliphatic carbocycles. The molecule has 1 N–H and O–H groups in total. The quantitative estimate of drug-likeness (QED) is 0.874. The van der Waals surface area contributed by atoms with Crippen LogP contribution >= 0.6 is 0 Å². The van der Waals surface area contributed by atoms with Crippen molar-refractivity contribution in [3.63, 3.8) is 0 Å². The molecule has 0 atom stereocenters. The molecule has 1 saturated carbocycles. The van der Waals surface area contributed by atoms with Crippen LogP contribution in [0.3, 0.4) is 0 Å². The third kappa shape index (κ3) is 3.80. The van der Waals surface area contributed by atoms with Gasteiger partial charge in [-0.1, -0.05) is 12.8 Å². The van der Waals surface area contributed by atoms with E-state index in [0.717, 1.165) is 18.4 Å². The Hall–Kier alpha value is -1.91. The fourth-order valence-electron chi connectivity index (χ4n) is 2.77. The van der Waals surface area contributed by atoms with Crippen LogP contribution in [0.2, 0.25) is 0 Å². The summed E-state index contributed by atoms with van der Waals surface area (Å²) >= 11 is 0. The maximum atomic E-state index is 12.1. The molecule has 2 rings (SSSR count). The summed E-state index contributed by atoms with van der Waals surface area (Å²) in [6.45, 7) is 0. The van der Waals surface area contributed by atoms with E-state index < -0.39 is 0 Å². The molecular weight excluding hydrogens is 270 g/mol. The van der Waals surface area contributed by atoms with Gasteiger partial charge in [-0.3, -0.25) is 4.79 Å². The lowest BCUT2D eigenvalue weighted by molar-refractivity contribution is -0.121. The maximum absolute atomic E-state index is 12.1. The van der Waals surface area contributed by atoms with Crippen molar-refractivity contribution in [2.45, 2.75) is 38.1 Å². The van der Waals surface area contributed by atoms with Gasteiger partial charge in [-0.05, 0) is 30.5 Å². The summed E-state index contributed by atoms with van der Waals surface area (Å²) in [5.74, 6) is 1.72. The van der Waals surface area contributed by atoms with Crippen molar-refractivity contribution in [3.8, 4) is 17.2 Å². The van der Waals surface area contributed by atoms with Crippen LogP contribution in [-0.4, -0.2) is 33.3 Å². The Kier molecular flexibility index (Phi) is 5.31. The number of ether oxygens (including phenoxy) is 3. The highest BCUT2D eigenvalue weighted by molar-refractivity contribution is 5.79. The monoisotopic (exact) mass is 293 g/mol. The molecule has 116 valence electrons. The zero-order valence-corrected chi connectivity index (χ0v) is 12.9. The van der Waals surface area contributed by atoms with E-state index >= 15 is 0 Å². The fraction of sp³-hybridized carbons (Fsp3) is 0.562. The Bertz CT molecular complexity index is 470. The molecular formula is C16H23NO4. The molecule has 0 aromatic heterocycles. The van der Waals surface area contributed by atoms with Crippen molar-refractivity contribution in [1.82, 2.24) is 5.32 Å². The van der Waals surface area contributed by atoms with Crippen LogP contribution in [-0.2, 0) is 11.2 Å². The van der Waals surface area contributed by atoms with Crippen LogP contribution in [0.5, 0.6) is 17.2 Å². The van der Waals surface area contributed by atoms with Gasteiger partial charge in [0.05, 0.1) is 27.8 Å². The second kappa shape index (κ2) is 7.20. The largest absolute Gasteiger partial charge is 0.493 e. The van der Waals surface area contributed by atoms with Gasteiger partial charge in [0.1, 0.15) is 0 Å². The molecule has 1 amide bonds. The van der Waals surface area contributed by atoms with Crippen LogP contribution < -0.4 is 19.5 Å². The van der Waals surface area contributed by atoms with Gasteiger partial charge >= 0.3 is 0 Å². The Morgan fingerprint density at radius 1 is 1.10 bits per heavy atom. The Balaban J connectivity index is 2.09. The standard InChI is InChI=1S/C16H23NO4/c1-19-13-8-11(9-14(20-2)16(13)21-3)10-15(18)17-12-6-4-5-7-12/h8-9,12H,4-7,10H2,1-3H3,(H,17,18). The van der Waals surface area contributed by atoms with E-state index in [1.807, 2.05) is 12.1 Å². The number of carbonyl (C=O) groups excluding carboxylic acids is 1. The van der Waals surface area contributed by atoms with Crippen LogP contribution in [0, 0.1) is 0 Å². The molecule has 0 spiro atoms. The minimum Gasteiger partial charge on any atom is -0.493 e. The van der Waals surface area contributed by atoms with E-state index in [2.05, 4.69) is 5.32 Å². The number of amides is 1. The number of hydrogen-bond donors (Lipinski definition) is 1. The van der Waals surface area contributed by atoms with Crippen LogP contribution in [0.1, 0.15) is 31.2 Å². The van der Waals surface area contributed by atoms with Gasteiger partial charge in [0.25, 0.3) is 0 Å². The van der Waals surface area contributed by atoms with E-state index in [9.17, 15) is 4.79 Å². The molecule has 5 nitrogen and oxygen atoms in total. The van der Waals surface area contributed by atoms with Gasteiger partial charge in [-0.25, -0.2) is 0 Å². The normalized spacial score (nSPS) is 14.8. The number of nitrogens with one attached hydrogen (secondary N) is 1. The SMILES string of the molecule is COc1cc(CC(=O)NC2CCCC2)cc(OC)c1OC. The van der Waals surface area contributed by atoms with Gasteiger partial charge in [-0.2, -0.15) is 0 Å². The molecule has 0 radical (unpaired) electrons. The average Bonchev–Trinajstić information content (AvgIpc) is 2.98. The van der Waals surface area contributed by atoms with Gasteiger partial charge in [0, 0.05) is 6.04 Å². The minimum atomic E-state index is 0.0381. The molecule has 1 aliphatic rings. The fourth-order valence-corrected chi connectivity index (χ4v) is 2.77. The lowest BCUT2D eigenvalue weighted by Crippen LogP contribution is -2.33. The summed E-state index contributed by atoms with van der Waals surface area (Å²) in [5.41, 5.74) is 0.847. The summed E-state index contributed by atoms with van der Waals surface area (Å²) in [5, 5.41) is 3.08. The van der Waals surface area contributed by atoms with Crippen LogP contribution in [0.4, 0.5) is 0 Å². The first-order valence-electron chi connectivity index (χ1n) is 7.26. The van der Waals surface area contributed by atoms with Gasteiger partial charge < -0.3 is 19.5 Å². The van der Waals surface area contributed by atoms with Crippen molar-refractivity contribution in [2.75, 3.05) is 21.3 Å². The van der Waals surface area contributed by atoms with Crippen molar-refractivity contribution in [3.05, 3.63) is 17.7 Å². The third-order valence-electron chi connectivity index (χ3n) is 3.81. The van der Waals surface area contributed by atoms with Gasteiger partial charge in [-0.15, -0.1) is 0 Å². The lowest BCUT2D eigenvalue weighted by Gasteiger charge is -2.15. The highest BCUT2D eigenvalue weighted by Crippen LogP contribution is 2.38. The number of benzene rings is 1. The second-order valence-corrected chi connectivity index (χ2v) is 5.26. The molecule has 0 bridgehead atoms. The van der Waals surface area contributed by atoms with E-state index in [-0.39, 0.29) is 5.91 Å². The van der Waals surface area contributed by atoms with Crippen molar-refractivity contribution >= 4 is 5.91 Å². The molecule has 0 aliphatic heterocycles. The summed E-state index contributed by atoms with van der Waals surface area (Å²) < 4.78 is 15.9. The smallest absolute Gasteiger partial charge is 0.224 e. The Morgan fingerprint density at radius 3 is 2.14 bits per heavy atom. The first kappa shape index (κ1) is 15.5. The predicted octanol–water partition coefficient (Wildman–Crippen LogP) is 2.31. The highest BCUT2D eigenvalue weighted by Gasteiger charge is 2.19. The van der Waals surface area contributed by atoms with Crippen LogP contribution in [0.15, 0.2) is 12.1 Å². The molecule has 5 heteroatoms. The minimum absolute atomic E-state index is 0.0381. The van der Waals surface area contributed by atoms with Crippen LogP contribution in [0.25, 0.3) is 0 Å². The molecule has 0 saturated heterocycles. The molecule has 1 aromatic rings. The summed E-state index contributed by atoms with van der Waals surface area (Å²) in [6.07, 6.45) is 4.89. The summed E-state index contributed by atoms with van der Waals surface area (Å²) in [4.78, 5) is 12.1. The first-order chi connectivity index (χ1) is 10.2. The van der Waals surface area contributed by atoms with E-state index in [0.29, 0.717) is 29.7 Å². The third-order valence-corrected chi connectivity index (χ3v) is 3.81. The van der Waals surface area contributed by atoms with E-state index in [4.69, 9.17) is 14.2 Å². The average molecular weight is 293 g/mol.